The van der Waals surface area contributed by atoms with Crippen molar-refractivity contribution in [3.05, 3.63) is 24.3 Å². The number of ether oxygens (including phenoxy) is 2. The first kappa shape index (κ1) is 12.7. The van der Waals surface area contributed by atoms with Gasteiger partial charge in [-0.15, -0.1) is 0 Å². The van der Waals surface area contributed by atoms with Gasteiger partial charge in [-0.3, -0.25) is 4.99 Å². The van der Waals surface area contributed by atoms with Gasteiger partial charge < -0.3 is 20.1 Å². The molecule has 98 valence electrons. The summed E-state index contributed by atoms with van der Waals surface area (Å²) in [4.78, 5) is 6.32. The molecular weight excluding hydrogens is 230 g/mol. The maximum Gasteiger partial charge on any atom is 0.196 e. The Bertz CT molecular complexity index is 461. The molecule has 0 aromatic heterocycles. The van der Waals surface area contributed by atoms with Crippen LogP contribution in [0.3, 0.4) is 0 Å². The number of benzene rings is 1. The fraction of sp³-hybridized carbons (Fsp3) is 0.462. The van der Waals surface area contributed by atoms with Crippen LogP contribution < -0.4 is 15.4 Å². The van der Waals surface area contributed by atoms with Crippen molar-refractivity contribution in [3.8, 4) is 5.75 Å². The average molecular weight is 249 g/mol. The van der Waals surface area contributed by atoms with E-state index >= 15 is 0 Å². The molecule has 18 heavy (non-hydrogen) atoms. The first-order chi connectivity index (χ1) is 8.60. The second-order valence-corrected chi connectivity index (χ2v) is 4.64. The lowest BCUT2D eigenvalue weighted by atomic mass is 10.0. The number of hydrogen-bond acceptors (Lipinski definition) is 5. The molecule has 1 atom stereocenters. The number of methoxy groups -OCH3 is 2. The van der Waals surface area contributed by atoms with Gasteiger partial charge in [-0.1, -0.05) is 6.07 Å². The summed E-state index contributed by atoms with van der Waals surface area (Å²) >= 11 is 0. The number of nitrogens with two attached hydrogens (primary N) is 1. The van der Waals surface area contributed by atoms with E-state index < -0.39 is 0 Å². The Morgan fingerprint density at radius 3 is 2.89 bits per heavy atom. The van der Waals surface area contributed by atoms with E-state index in [1.54, 1.807) is 14.2 Å². The number of hydrogen-bond donors (Lipinski definition) is 1. The summed E-state index contributed by atoms with van der Waals surface area (Å²) in [5.41, 5.74) is 6.71. The van der Waals surface area contributed by atoms with Crippen LogP contribution in [0, 0.1) is 0 Å². The number of anilines is 1. The molecule has 0 saturated heterocycles. The van der Waals surface area contributed by atoms with E-state index in [9.17, 15) is 0 Å². The summed E-state index contributed by atoms with van der Waals surface area (Å²) in [7, 11) is 3.33. The third-order valence-corrected chi connectivity index (χ3v) is 3.12. The lowest BCUT2D eigenvalue weighted by Gasteiger charge is -2.35. The van der Waals surface area contributed by atoms with E-state index in [4.69, 9.17) is 15.2 Å². The molecule has 0 aliphatic carbocycles. The molecule has 1 unspecified atom stereocenters. The van der Waals surface area contributed by atoms with Gasteiger partial charge in [0, 0.05) is 18.9 Å². The smallest absolute Gasteiger partial charge is 0.196 e. The first-order valence-corrected chi connectivity index (χ1v) is 5.84. The first-order valence-electron chi connectivity index (χ1n) is 5.84. The highest BCUT2D eigenvalue weighted by Crippen LogP contribution is 2.30. The van der Waals surface area contributed by atoms with Gasteiger partial charge in [0.1, 0.15) is 5.75 Å². The Balaban J connectivity index is 2.36. The van der Waals surface area contributed by atoms with Crippen LogP contribution in [0.4, 0.5) is 5.69 Å². The summed E-state index contributed by atoms with van der Waals surface area (Å²) in [5, 5.41) is 0. The average Bonchev–Trinajstić information content (AvgIpc) is 2.66. The molecule has 5 nitrogen and oxygen atoms in total. The Morgan fingerprint density at radius 1 is 1.44 bits per heavy atom. The summed E-state index contributed by atoms with van der Waals surface area (Å²) in [6.45, 7) is 3.28. The Hall–Kier alpha value is -1.75. The van der Waals surface area contributed by atoms with Crippen LogP contribution in [0.1, 0.15) is 6.92 Å². The van der Waals surface area contributed by atoms with Crippen LogP contribution in [0.2, 0.25) is 0 Å². The lowest BCUT2D eigenvalue weighted by molar-refractivity contribution is 0.149. The zero-order valence-corrected chi connectivity index (χ0v) is 11.0. The zero-order valence-electron chi connectivity index (χ0n) is 11.0. The summed E-state index contributed by atoms with van der Waals surface area (Å²) in [6, 6.07) is 7.78. The zero-order chi connectivity index (χ0) is 13.2. The molecule has 2 rings (SSSR count). The summed E-state index contributed by atoms with van der Waals surface area (Å²) in [5.74, 6) is 1.31. The maximum absolute atomic E-state index is 5.99. The minimum atomic E-state index is -0.245. The highest BCUT2D eigenvalue weighted by molar-refractivity contribution is 5.98. The number of aliphatic imine (C=N–C) groups is 1. The van der Waals surface area contributed by atoms with Crippen molar-refractivity contribution >= 4 is 11.6 Å². The van der Waals surface area contributed by atoms with Gasteiger partial charge >= 0.3 is 0 Å². The van der Waals surface area contributed by atoms with Crippen molar-refractivity contribution in [1.29, 1.82) is 0 Å². The van der Waals surface area contributed by atoms with Crippen LogP contribution in [0.5, 0.6) is 5.75 Å². The SMILES string of the molecule is COCC1(C)CN=C(N)N1c1cccc(OC)c1. The van der Waals surface area contributed by atoms with Gasteiger partial charge in [0.05, 0.1) is 25.8 Å². The third-order valence-electron chi connectivity index (χ3n) is 3.12. The minimum Gasteiger partial charge on any atom is -0.497 e. The van der Waals surface area contributed by atoms with Crippen molar-refractivity contribution in [2.75, 3.05) is 32.3 Å². The molecule has 1 aromatic carbocycles. The van der Waals surface area contributed by atoms with Gasteiger partial charge in [-0.25, -0.2) is 0 Å². The number of rotatable bonds is 4. The predicted molar refractivity (Wildman–Crippen MR) is 72.2 cm³/mol. The normalized spacial score (nSPS) is 23.1. The molecule has 5 heteroatoms. The third kappa shape index (κ3) is 2.13. The van der Waals surface area contributed by atoms with Gasteiger partial charge in [0.25, 0.3) is 0 Å². The van der Waals surface area contributed by atoms with Gasteiger partial charge in [-0.2, -0.15) is 0 Å². The molecular formula is C13H19N3O2. The monoisotopic (exact) mass is 249 g/mol. The second kappa shape index (κ2) is 4.86. The Labute approximate surface area is 107 Å². The fourth-order valence-electron chi connectivity index (χ4n) is 2.28. The molecule has 0 bridgehead atoms. The lowest BCUT2D eigenvalue weighted by Crippen LogP contribution is -2.52. The summed E-state index contributed by atoms with van der Waals surface area (Å²) < 4.78 is 10.5. The molecule has 1 aliphatic heterocycles. The van der Waals surface area contributed by atoms with Crippen LogP contribution in [-0.2, 0) is 4.74 Å². The van der Waals surface area contributed by atoms with Gasteiger partial charge in [0.15, 0.2) is 5.96 Å². The molecule has 0 radical (unpaired) electrons. The number of guanidine groups is 1. The maximum atomic E-state index is 5.99. The summed E-state index contributed by atoms with van der Waals surface area (Å²) in [6.07, 6.45) is 0. The molecule has 2 N–H and O–H groups in total. The van der Waals surface area contributed by atoms with Crippen molar-refractivity contribution in [2.45, 2.75) is 12.5 Å². The minimum absolute atomic E-state index is 0.245. The molecule has 0 spiro atoms. The van der Waals surface area contributed by atoms with Gasteiger partial charge in [-0.05, 0) is 19.1 Å². The topological polar surface area (TPSA) is 60.1 Å². The number of nitrogens with zero attached hydrogens (tertiary/aromatic N) is 2. The Kier molecular flexibility index (Phi) is 3.43. The van der Waals surface area contributed by atoms with E-state index in [0.717, 1.165) is 11.4 Å². The molecule has 0 fully saturated rings. The van der Waals surface area contributed by atoms with Crippen LogP contribution in [0.25, 0.3) is 0 Å². The largest absolute Gasteiger partial charge is 0.497 e. The van der Waals surface area contributed by atoms with E-state index in [1.165, 1.54) is 0 Å². The van der Waals surface area contributed by atoms with Gasteiger partial charge in [0.2, 0.25) is 0 Å². The second-order valence-electron chi connectivity index (χ2n) is 4.64. The molecule has 0 saturated carbocycles. The molecule has 1 aromatic rings. The molecule has 1 aliphatic rings. The fourth-order valence-corrected chi connectivity index (χ4v) is 2.28. The standard InChI is InChI=1S/C13H19N3O2/c1-13(9-17-2)8-15-12(14)16(13)10-5-4-6-11(7-10)18-3/h4-7H,8-9H2,1-3H3,(H2,14,15). The van der Waals surface area contributed by atoms with E-state index in [0.29, 0.717) is 19.1 Å². The van der Waals surface area contributed by atoms with Crippen LogP contribution in [0.15, 0.2) is 29.3 Å². The molecule has 1 heterocycles. The van der Waals surface area contributed by atoms with Crippen molar-refractivity contribution in [3.63, 3.8) is 0 Å². The highest BCUT2D eigenvalue weighted by atomic mass is 16.5. The van der Waals surface area contributed by atoms with E-state index in [1.807, 2.05) is 29.2 Å². The van der Waals surface area contributed by atoms with Crippen molar-refractivity contribution in [2.24, 2.45) is 10.7 Å². The van der Waals surface area contributed by atoms with Crippen molar-refractivity contribution < 1.29 is 9.47 Å². The van der Waals surface area contributed by atoms with E-state index in [2.05, 4.69) is 11.9 Å². The van der Waals surface area contributed by atoms with Crippen LogP contribution >= 0.6 is 0 Å². The predicted octanol–water partition coefficient (Wildman–Crippen LogP) is 1.24. The van der Waals surface area contributed by atoms with E-state index in [-0.39, 0.29) is 5.54 Å². The highest BCUT2D eigenvalue weighted by Gasteiger charge is 2.39. The quantitative estimate of drug-likeness (QED) is 0.872. The molecule has 0 amide bonds. The Morgan fingerprint density at radius 2 is 2.22 bits per heavy atom. The van der Waals surface area contributed by atoms with Crippen molar-refractivity contribution in [1.82, 2.24) is 0 Å². The van der Waals surface area contributed by atoms with Crippen LogP contribution in [-0.4, -0.2) is 38.9 Å².